The van der Waals surface area contributed by atoms with Crippen LogP contribution in [0.15, 0.2) is 0 Å². The van der Waals surface area contributed by atoms with Gasteiger partial charge in [-0.15, -0.1) is 0 Å². The van der Waals surface area contributed by atoms with E-state index in [0.29, 0.717) is 5.92 Å². The van der Waals surface area contributed by atoms with Gasteiger partial charge in [-0.3, -0.25) is 4.79 Å². The Balaban J connectivity index is 4.29. The summed E-state index contributed by atoms with van der Waals surface area (Å²) in [6.07, 6.45) is 0.768. The average Bonchev–Trinajstić information content (AvgIpc) is 1.82. The van der Waals surface area contributed by atoms with E-state index < -0.39 is 5.54 Å². The van der Waals surface area contributed by atoms with E-state index in [4.69, 9.17) is 5.73 Å². The molecule has 0 heterocycles. The molecule has 0 aliphatic heterocycles. The lowest BCUT2D eigenvalue weighted by molar-refractivity contribution is -0.127. The molecule has 2 N–H and O–H groups in total. The van der Waals surface area contributed by atoms with Crippen LogP contribution >= 0.6 is 0 Å². The molecule has 12 heavy (non-hydrogen) atoms. The van der Waals surface area contributed by atoms with Gasteiger partial charge < -0.3 is 5.73 Å². The predicted octanol–water partition coefficient (Wildman–Crippen LogP) is 1.97. The van der Waals surface area contributed by atoms with Crippen LogP contribution in [-0.4, -0.2) is 11.3 Å². The fraction of sp³-hybridized carbons (Fsp3) is 0.900. The van der Waals surface area contributed by atoms with Gasteiger partial charge >= 0.3 is 0 Å². The number of nitrogens with two attached hydrogens (primary N) is 1. The van der Waals surface area contributed by atoms with E-state index in [1.807, 2.05) is 20.8 Å². The summed E-state index contributed by atoms with van der Waals surface area (Å²) in [5.74, 6) is 0.678. The van der Waals surface area contributed by atoms with Crippen LogP contribution in [0.25, 0.3) is 0 Å². The molecule has 0 aromatic heterocycles. The minimum Gasteiger partial charge on any atom is -0.319 e. The quantitative estimate of drug-likeness (QED) is 0.702. The molecular formula is C10H21NO. The molecule has 0 radical (unpaired) electrons. The van der Waals surface area contributed by atoms with E-state index in [1.165, 1.54) is 0 Å². The van der Waals surface area contributed by atoms with Gasteiger partial charge in [0.15, 0.2) is 5.78 Å². The number of ketones is 1. The molecule has 0 saturated carbocycles. The van der Waals surface area contributed by atoms with Gasteiger partial charge in [-0.2, -0.15) is 0 Å². The van der Waals surface area contributed by atoms with E-state index in [2.05, 4.69) is 13.8 Å². The summed E-state index contributed by atoms with van der Waals surface area (Å²) in [6, 6.07) is 0. The van der Waals surface area contributed by atoms with Gasteiger partial charge in [0, 0.05) is 5.92 Å². The minimum absolute atomic E-state index is 0.0405. The number of carbonyl (C=O) groups excluding carboxylic acids is 1. The van der Waals surface area contributed by atoms with Gasteiger partial charge in [-0.05, 0) is 19.3 Å². The molecule has 72 valence electrons. The smallest absolute Gasteiger partial charge is 0.154 e. The molecular weight excluding hydrogens is 150 g/mol. The van der Waals surface area contributed by atoms with E-state index >= 15 is 0 Å². The first-order chi connectivity index (χ1) is 5.27. The van der Waals surface area contributed by atoms with Crippen LogP contribution in [-0.2, 0) is 4.79 Å². The van der Waals surface area contributed by atoms with Crippen molar-refractivity contribution in [3.05, 3.63) is 0 Å². The Hall–Kier alpha value is -0.370. The van der Waals surface area contributed by atoms with Crippen molar-refractivity contribution in [3.8, 4) is 0 Å². The first-order valence-corrected chi connectivity index (χ1v) is 4.60. The molecule has 2 heteroatoms. The van der Waals surface area contributed by atoms with Crippen LogP contribution in [0.1, 0.15) is 41.0 Å². The maximum Gasteiger partial charge on any atom is 0.154 e. The molecule has 0 saturated heterocycles. The van der Waals surface area contributed by atoms with Gasteiger partial charge in [-0.25, -0.2) is 0 Å². The molecule has 0 aliphatic rings. The minimum atomic E-state index is -0.637. The Morgan fingerprint density at radius 3 is 2.00 bits per heavy atom. The molecule has 0 spiro atoms. The molecule has 0 aliphatic carbocycles. The highest BCUT2D eigenvalue weighted by Crippen LogP contribution is 2.18. The standard InChI is InChI=1S/C10H21NO/c1-7(2)6-10(5,11)9(12)8(3)4/h7-8H,6,11H2,1-5H3. The van der Waals surface area contributed by atoms with Gasteiger partial charge in [0.1, 0.15) is 0 Å². The maximum absolute atomic E-state index is 11.6. The van der Waals surface area contributed by atoms with Crippen LogP contribution in [0.5, 0.6) is 0 Å². The molecule has 0 fully saturated rings. The number of hydrogen-bond donors (Lipinski definition) is 1. The van der Waals surface area contributed by atoms with Crippen molar-refractivity contribution >= 4 is 5.78 Å². The second-order valence-corrected chi connectivity index (χ2v) is 4.53. The van der Waals surface area contributed by atoms with Gasteiger partial charge in [0.2, 0.25) is 0 Å². The molecule has 0 amide bonds. The SMILES string of the molecule is CC(C)CC(C)(N)C(=O)C(C)C. The van der Waals surface area contributed by atoms with Crippen molar-refractivity contribution in [2.75, 3.05) is 0 Å². The first kappa shape index (κ1) is 11.6. The van der Waals surface area contributed by atoms with Crippen molar-refractivity contribution in [1.29, 1.82) is 0 Å². The van der Waals surface area contributed by atoms with Crippen LogP contribution in [0.4, 0.5) is 0 Å². The summed E-state index contributed by atoms with van der Waals surface area (Å²) in [7, 11) is 0. The highest BCUT2D eigenvalue weighted by Gasteiger charge is 2.30. The molecule has 0 aromatic carbocycles. The Morgan fingerprint density at radius 2 is 1.75 bits per heavy atom. The summed E-state index contributed by atoms with van der Waals surface area (Å²) >= 11 is 0. The Bertz CT molecular complexity index is 159. The molecule has 2 nitrogen and oxygen atoms in total. The number of hydrogen-bond acceptors (Lipinski definition) is 2. The normalized spacial score (nSPS) is 16.7. The monoisotopic (exact) mass is 171 g/mol. The first-order valence-electron chi connectivity index (χ1n) is 4.60. The topological polar surface area (TPSA) is 43.1 Å². The third-order valence-electron chi connectivity index (χ3n) is 1.92. The van der Waals surface area contributed by atoms with Gasteiger partial charge in [-0.1, -0.05) is 27.7 Å². The molecule has 0 bridgehead atoms. The Kier molecular flexibility index (Phi) is 3.91. The van der Waals surface area contributed by atoms with Crippen LogP contribution < -0.4 is 5.73 Å². The average molecular weight is 171 g/mol. The second kappa shape index (κ2) is 4.04. The van der Waals surface area contributed by atoms with Crippen molar-refractivity contribution in [2.24, 2.45) is 17.6 Å². The van der Waals surface area contributed by atoms with Crippen LogP contribution in [0, 0.1) is 11.8 Å². The predicted molar refractivity (Wildman–Crippen MR) is 51.9 cm³/mol. The van der Waals surface area contributed by atoms with E-state index in [-0.39, 0.29) is 11.7 Å². The van der Waals surface area contributed by atoms with E-state index in [0.717, 1.165) is 6.42 Å². The summed E-state index contributed by atoms with van der Waals surface area (Å²) in [6.45, 7) is 9.79. The van der Waals surface area contributed by atoms with E-state index in [1.54, 1.807) is 0 Å². The van der Waals surface area contributed by atoms with Crippen molar-refractivity contribution < 1.29 is 4.79 Å². The lowest BCUT2D eigenvalue weighted by Gasteiger charge is -2.26. The Morgan fingerprint density at radius 1 is 1.33 bits per heavy atom. The van der Waals surface area contributed by atoms with E-state index in [9.17, 15) is 4.79 Å². The molecule has 0 aromatic rings. The number of carbonyl (C=O) groups is 1. The van der Waals surface area contributed by atoms with Crippen molar-refractivity contribution in [3.63, 3.8) is 0 Å². The summed E-state index contributed by atoms with van der Waals surface area (Å²) in [5.41, 5.74) is 5.28. The summed E-state index contributed by atoms with van der Waals surface area (Å²) < 4.78 is 0. The molecule has 1 unspecified atom stereocenters. The third-order valence-corrected chi connectivity index (χ3v) is 1.92. The second-order valence-electron chi connectivity index (χ2n) is 4.53. The third kappa shape index (κ3) is 3.35. The van der Waals surface area contributed by atoms with Gasteiger partial charge in [0.05, 0.1) is 5.54 Å². The van der Waals surface area contributed by atoms with Crippen LogP contribution in [0.3, 0.4) is 0 Å². The molecule has 0 rings (SSSR count). The highest BCUT2D eigenvalue weighted by atomic mass is 16.1. The zero-order valence-electron chi connectivity index (χ0n) is 8.85. The maximum atomic E-state index is 11.6. The lowest BCUT2D eigenvalue weighted by atomic mass is 9.83. The fourth-order valence-corrected chi connectivity index (χ4v) is 1.61. The summed E-state index contributed by atoms with van der Waals surface area (Å²) in [5, 5.41) is 0. The van der Waals surface area contributed by atoms with Crippen molar-refractivity contribution in [2.45, 2.75) is 46.6 Å². The zero-order valence-corrected chi connectivity index (χ0v) is 8.85. The fourth-order valence-electron chi connectivity index (χ4n) is 1.61. The Labute approximate surface area is 75.5 Å². The number of rotatable bonds is 4. The zero-order chi connectivity index (χ0) is 9.94. The summed E-state index contributed by atoms with van der Waals surface area (Å²) in [4.78, 5) is 11.6. The lowest BCUT2D eigenvalue weighted by Crippen LogP contribution is -2.48. The van der Waals surface area contributed by atoms with Gasteiger partial charge in [0.25, 0.3) is 0 Å². The number of Topliss-reactive ketones (excluding diaryl/α,β-unsaturated/α-hetero) is 1. The largest absolute Gasteiger partial charge is 0.319 e. The van der Waals surface area contributed by atoms with Crippen molar-refractivity contribution in [1.82, 2.24) is 0 Å². The molecule has 1 atom stereocenters. The van der Waals surface area contributed by atoms with Crippen LogP contribution in [0.2, 0.25) is 0 Å². The highest BCUT2D eigenvalue weighted by molar-refractivity contribution is 5.89.